The molecule has 100 valence electrons. The number of cyclic esters (lactones) is 1. The van der Waals surface area contributed by atoms with Gasteiger partial charge in [-0.2, -0.15) is 0 Å². The summed E-state index contributed by atoms with van der Waals surface area (Å²) in [5.41, 5.74) is 0.557. The third-order valence-corrected chi connectivity index (χ3v) is 2.67. The Hall–Kier alpha value is -1.20. The minimum absolute atomic E-state index is 0. The first-order valence-electron chi connectivity index (χ1n) is 5.17. The van der Waals surface area contributed by atoms with Crippen molar-refractivity contribution in [2.75, 3.05) is 13.2 Å². The Bertz CT molecular complexity index is 433. The van der Waals surface area contributed by atoms with Crippen molar-refractivity contribution in [3.05, 3.63) is 28.5 Å². The van der Waals surface area contributed by atoms with Crippen LogP contribution in [0.15, 0.2) is 12.1 Å². The number of benzene rings is 1. The van der Waals surface area contributed by atoms with Crippen molar-refractivity contribution in [1.29, 1.82) is 0 Å². The van der Waals surface area contributed by atoms with E-state index in [-0.39, 0.29) is 35.8 Å². The van der Waals surface area contributed by atoms with Gasteiger partial charge in [-0.1, -0.05) is 11.6 Å². The Morgan fingerprint density at radius 1 is 1.61 bits per heavy atom. The molecule has 1 aromatic carbocycles. The number of halogens is 3. The smallest absolute Gasteiger partial charge is 0.407 e. The summed E-state index contributed by atoms with van der Waals surface area (Å²) in [5.74, 6) is -0.515. The van der Waals surface area contributed by atoms with Gasteiger partial charge < -0.3 is 14.8 Å². The van der Waals surface area contributed by atoms with Gasteiger partial charge in [-0.05, 0) is 24.6 Å². The molecule has 7 heteroatoms. The molecule has 0 aliphatic carbocycles. The van der Waals surface area contributed by atoms with Crippen molar-refractivity contribution in [3.8, 4) is 5.75 Å². The Kier molecular flexibility index (Phi) is 5.04. The van der Waals surface area contributed by atoms with E-state index >= 15 is 0 Å². The van der Waals surface area contributed by atoms with Crippen molar-refractivity contribution in [2.45, 2.75) is 13.0 Å². The SMILES string of the molecule is CCOc1c(F)cc([C@@H]2COC(=O)N2)cc1Cl.Cl. The normalized spacial score (nSPS) is 17.7. The number of hydrogen-bond acceptors (Lipinski definition) is 3. The molecule has 0 bridgehead atoms. The number of amides is 1. The van der Waals surface area contributed by atoms with Crippen LogP contribution < -0.4 is 10.1 Å². The number of ether oxygens (including phenoxy) is 2. The second kappa shape index (κ2) is 6.11. The van der Waals surface area contributed by atoms with E-state index in [9.17, 15) is 9.18 Å². The van der Waals surface area contributed by atoms with Crippen LogP contribution in [0.2, 0.25) is 5.02 Å². The van der Waals surface area contributed by atoms with Crippen LogP contribution >= 0.6 is 24.0 Å². The van der Waals surface area contributed by atoms with Crippen LogP contribution in [0.4, 0.5) is 9.18 Å². The van der Waals surface area contributed by atoms with Gasteiger partial charge in [0.05, 0.1) is 17.7 Å². The molecule has 1 aliphatic heterocycles. The van der Waals surface area contributed by atoms with Gasteiger partial charge in [0.2, 0.25) is 0 Å². The zero-order valence-electron chi connectivity index (χ0n) is 9.54. The molecule has 0 aromatic heterocycles. The first-order valence-corrected chi connectivity index (χ1v) is 5.54. The van der Waals surface area contributed by atoms with Gasteiger partial charge >= 0.3 is 6.09 Å². The molecule has 1 saturated heterocycles. The number of carbonyl (C=O) groups excluding carboxylic acids is 1. The molecule has 1 amide bonds. The van der Waals surface area contributed by atoms with Crippen molar-refractivity contribution < 1.29 is 18.7 Å². The molecule has 1 heterocycles. The number of nitrogens with one attached hydrogen (secondary N) is 1. The maximum absolute atomic E-state index is 13.7. The summed E-state index contributed by atoms with van der Waals surface area (Å²) in [6.07, 6.45) is -0.514. The highest BCUT2D eigenvalue weighted by Crippen LogP contribution is 2.32. The lowest BCUT2D eigenvalue weighted by Crippen LogP contribution is -2.18. The Balaban J connectivity index is 0.00000162. The molecule has 1 N–H and O–H groups in total. The summed E-state index contributed by atoms with van der Waals surface area (Å²) < 4.78 is 23.5. The van der Waals surface area contributed by atoms with Crippen LogP contribution in [0.1, 0.15) is 18.5 Å². The monoisotopic (exact) mass is 295 g/mol. The number of hydrogen-bond donors (Lipinski definition) is 1. The number of carbonyl (C=O) groups is 1. The van der Waals surface area contributed by atoms with Crippen molar-refractivity contribution in [3.63, 3.8) is 0 Å². The highest BCUT2D eigenvalue weighted by atomic mass is 35.5. The average molecular weight is 296 g/mol. The van der Waals surface area contributed by atoms with E-state index in [1.54, 1.807) is 13.0 Å². The Labute approximate surface area is 115 Å². The van der Waals surface area contributed by atoms with E-state index in [0.29, 0.717) is 12.2 Å². The van der Waals surface area contributed by atoms with Gasteiger partial charge in [-0.3, -0.25) is 0 Å². The molecule has 0 unspecified atom stereocenters. The molecule has 0 saturated carbocycles. The molecular formula is C11H12Cl2FNO3. The van der Waals surface area contributed by atoms with Gasteiger partial charge in [0.15, 0.2) is 11.6 Å². The second-order valence-electron chi connectivity index (χ2n) is 3.54. The molecule has 1 aliphatic rings. The van der Waals surface area contributed by atoms with Gasteiger partial charge in [0.1, 0.15) is 6.61 Å². The summed E-state index contributed by atoms with van der Waals surface area (Å²) in [7, 11) is 0. The molecule has 0 radical (unpaired) electrons. The standard InChI is InChI=1S/C11H11ClFNO3.ClH/c1-2-16-10-7(12)3-6(4-8(10)13)9-5-17-11(15)14-9;/h3-4,9H,2,5H2,1H3,(H,14,15);1H/t9-;/m0./s1. The molecule has 4 nitrogen and oxygen atoms in total. The molecule has 0 spiro atoms. The van der Waals surface area contributed by atoms with Crippen LogP contribution in [0.3, 0.4) is 0 Å². The highest BCUT2D eigenvalue weighted by Gasteiger charge is 2.25. The fourth-order valence-electron chi connectivity index (χ4n) is 1.63. The second-order valence-corrected chi connectivity index (χ2v) is 3.95. The van der Waals surface area contributed by atoms with Crippen LogP contribution in [0.25, 0.3) is 0 Å². The zero-order chi connectivity index (χ0) is 12.4. The van der Waals surface area contributed by atoms with Crippen molar-refractivity contribution in [2.24, 2.45) is 0 Å². The van der Waals surface area contributed by atoms with E-state index < -0.39 is 11.9 Å². The van der Waals surface area contributed by atoms with E-state index in [0.717, 1.165) is 0 Å². The predicted molar refractivity (Wildman–Crippen MR) is 67.1 cm³/mol. The summed E-state index contributed by atoms with van der Waals surface area (Å²) in [4.78, 5) is 10.9. The molecular weight excluding hydrogens is 284 g/mol. The zero-order valence-corrected chi connectivity index (χ0v) is 11.1. The molecule has 2 rings (SSSR count). The first-order chi connectivity index (χ1) is 8.11. The predicted octanol–water partition coefficient (Wildman–Crippen LogP) is 3.08. The van der Waals surface area contributed by atoms with Gasteiger partial charge in [-0.25, -0.2) is 9.18 Å². The first kappa shape index (κ1) is 14.9. The fourth-order valence-corrected chi connectivity index (χ4v) is 1.90. The lowest BCUT2D eigenvalue weighted by atomic mass is 10.1. The fraction of sp³-hybridized carbons (Fsp3) is 0.364. The van der Waals surface area contributed by atoms with Gasteiger partial charge in [0, 0.05) is 0 Å². The van der Waals surface area contributed by atoms with Crippen molar-refractivity contribution in [1.82, 2.24) is 5.32 Å². The van der Waals surface area contributed by atoms with Gasteiger partial charge in [0.25, 0.3) is 0 Å². The molecule has 1 atom stereocenters. The van der Waals surface area contributed by atoms with Crippen LogP contribution in [0.5, 0.6) is 5.75 Å². The van der Waals surface area contributed by atoms with E-state index in [2.05, 4.69) is 5.32 Å². The molecule has 1 aromatic rings. The lowest BCUT2D eigenvalue weighted by molar-refractivity contribution is 0.177. The largest absolute Gasteiger partial charge is 0.489 e. The third-order valence-electron chi connectivity index (χ3n) is 2.38. The number of rotatable bonds is 3. The minimum Gasteiger partial charge on any atom is -0.489 e. The summed E-state index contributed by atoms with van der Waals surface area (Å²) in [5, 5.41) is 2.73. The number of alkyl carbamates (subject to hydrolysis) is 1. The van der Waals surface area contributed by atoms with Gasteiger partial charge in [-0.15, -0.1) is 12.4 Å². The molecule has 18 heavy (non-hydrogen) atoms. The topological polar surface area (TPSA) is 47.6 Å². The average Bonchev–Trinajstić information content (AvgIpc) is 2.70. The third kappa shape index (κ3) is 2.97. The quantitative estimate of drug-likeness (QED) is 0.932. The highest BCUT2D eigenvalue weighted by molar-refractivity contribution is 6.32. The van der Waals surface area contributed by atoms with Crippen molar-refractivity contribution >= 4 is 30.1 Å². The lowest BCUT2D eigenvalue weighted by Gasteiger charge is -2.12. The Morgan fingerprint density at radius 3 is 2.83 bits per heavy atom. The maximum atomic E-state index is 13.7. The Morgan fingerprint density at radius 2 is 2.33 bits per heavy atom. The summed E-state index contributed by atoms with van der Waals surface area (Å²) in [6, 6.07) is 2.48. The summed E-state index contributed by atoms with van der Waals surface area (Å²) >= 11 is 5.91. The van der Waals surface area contributed by atoms with Crippen LogP contribution in [0, 0.1) is 5.82 Å². The minimum atomic E-state index is -0.546. The maximum Gasteiger partial charge on any atom is 0.407 e. The van der Waals surface area contributed by atoms with E-state index in [4.69, 9.17) is 21.1 Å². The van der Waals surface area contributed by atoms with E-state index in [1.807, 2.05) is 0 Å². The molecule has 1 fully saturated rings. The van der Waals surface area contributed by atoms with E-state index in [1.165, 1.54) is 6.07 Å². The van der Waals surface area contributed by atoms with Crippen LogP contribution in [-0.2, 0) is 4.74 Å². The van der Waals surface area contributed by atoms with Crippen LogP contribution in [-0.4, -0.2) is 19.3 Å². The summed E-state index contributed by atoms with van der Waals surface area (Å²) in [6.45, 7) is 2.25.